The van der Waals surface area contributed by atoms with E-state index in [4.69, 9.17) is 5.11 Å². The molecule has 0 saturated heterocycles. The number of carbonyl (C=O) groups excluding carboxylic acids is 1. The van der Waals surface area contributed by atoms with Crippen LogP contribution in [0, 0.1) is 5.92 Å². The number of carboxylic acids is 1. The molecule has 0 heterocycles. The first-order valence-corrected chi connectivity index (χ1v) is 12.1. The summed E-state index contributed by atoms with van der Waals surface area (Å²) in [5, 5.41) is 11.9. The van der Waals surface area contributed by atoms with Gasteiger partial charge in [0.05, 0.1) is 6.42 Å². The summed E-state index contributed by atoms with van der Waals surface area (Å²) in [6, 6.07) is -0.253. The van der Waals surface area contributed by atoms with Crippen molar-refractivity contribution in [3.63, 3.8) is 0 Å². The molecule has 4 heteroatoms. The molecule has 0 radical (unpaired) electrons. The van der Waals surface area contributed by atoms with Gasteiger partial charge in [0.25, 0.3) is 0 Å². The van der Waals surface area contributed by atoms with Crippen LogP contribution in [0.1, 0.15) is 124 Å². The van der Waals surface area contributed by atoms with Gasteiger partial charge in [-0.05, 0) is 44.4 Å². The predicted molar refractivity (Wildman–Crippen MR) is 123 cm³/mol. The minimum Gasteiger partial charge on any atom is -0.481 e. The SMILES string of the molecule is CCCCCCCCCCC/C=C/CCCCC(=O)NC(CC(=O)O)CC(C)C. The maximum absolute atomic E-state index is 12.0. The number of carboxylic acid groups (broad SMARTS) is 1. The number of nitrogens with one attached hydrogen (secondary N) is 1. The monoisotopic (exact) mass is 409 g/mol. The van der Waals surface area contributed by atoms with E-state index in [1.54, 1.807) is 0 Å². The van der Waals surface area contributed by atoms with E-state index in [-0.39, 0.29) is 18.4 Å². The highest BCUT2D eigenvalue weighted by Gasteiger charge is 2.16. The summed E-state index contributed by atoms with van der Waals surface area (Å²) in [5.74, 6) is -0.501. The average Bonchev–Trinajstić information content (AvgIpc) is 2.63. The smallest absolute Gasteiger partial charge is 0.305 e. The topological polar surface area (TPSA) is 66.4 Å². The van der Waals surface area contributed by atoms with Crippen LogP contribution in [0.5, 0.6) is 0 Å². The summed E-state index contributed by atoms with van der Waals surface area (Å²) >= 11 is 0. The molecule has 0 fully saturated rings. The third kappa shape index (κ3) is 21.2. The van der Waals surface area contributed by atoms with E-state index in [0.29, 0.717) is 18.8 Å². The highest BCUT2D eigenvalue weighted by molar-refractivity contribution is 5.77. The zero-order valence-electron chi connectivity index (χ0n) is 19.4. The second-order valence-electron chi connectivity index (χ2n) is 8.83. The van der Waals surface area contributed by atoms with Gasteiger partial charge in [0.2, 0.25) is 5.91 Å². The number of carbonyl (C=O) groups is 2. The van der Waals surface area contributed by atoms with Gasteiger partial charge in [-0.25, -0.2) is 0 Å². The maximum atomic E-state index is 12.0. The number of allylic oxidation sites excluding steroid dienone is 2. The summed E-state index contributed by atoms with van der Waals surface area (Å²) in [7, 11) is 0. The molecule has 1 unspecified atom stereocenters. The fourth-order valence-electron chi connectivity index (χ4n) is 3.63. The molecule has 0 saturated carbocycles. The molecular formula is C25H47NO3. The molecule has 0 aliphatic heterocycles. The molecular weight excluding hydrogens is 362 g/mol. The Bertz CT molecular complexity index is 432. The van der Waals surface area contributed by atoms with Crippen LogP contribution in [0.15, 0.2) is 12.2 Å². The predicted octanol–water partition coefficient (Wildman–Crippen LogP) is 7.03. The van der Waals surface area contributed by atoms with Crippen LogP contribution in [0.4, 0.5) is 0 Å². The van der Waals surface area contributed by atoms with Crippen LogP contribution in [-0.2, 0) is 9.59 Å². The Kier molecular flexibility index (Phi) is 19.1. The quantitative estimate of drug-likeness (QED) is 0.167. The Hall–Kier alpha value is -1.32. The van der Waals surface area contributed by atoms with E-state index in [1.165, 1.54) is 64.2 Å². The minimum atomic E-state index is -0.854. The van der Waals surface area contributed by atoms with Crippen LogP contribution < -0.4 is 5.32 Å². The number of rotatable bonds is 20. The Morgan fingerprint density at radius 1 is 0.828 bits per heavy atom. The molecule has 29 heavy (non-hydrogen) atoms. The Labute approximate surface area is 179 Å². The van der Waals surface area contributed by atoms with Crippen LogP contribution >= 0.6 is 0 Å². The van der Waals surface area contributed by atoms with E-state index in [2.05, 4.69) is 24.4 Å². The van der Waals surface area contributed by atoms with Crippen molar-refractivity contribution in [3.8, 4) is 0 Å². The average molecular weight is 410 g/mol. The van der Waals surface area contributed by atoms with E-state index >= 15 is 0 Å². The third-order valence-corrected chi connectivity index (χ3v) is 5.21. The number of amides is 1. The molecule has 0 aromatic heterocycles. The maximum Gasteiger partial charge on any atom is 0.305 e. The van der Waals surface area contributed by atoms with Crippen LogP contribution in [0.2, 0.25) is 0 Å². The second kappa shape index (κ2) is 20.0. The molecule has 0 aliphatic rings. The highest BCUT2D eigenvalue weighted by Crippen LogP contribution is 2.12. The van der Waals surface area contributed by atoms with Gasteiger partial charge in [0, 0.05) is 12.5 Å². The van der Waals surface area contributed by atoms with Crippen molar-refractivity contribution in [1.82, 2.24) is 5.32 Å². The Balaban J connectivity index is 3.57. The molecule has 170 valence electrons. The van der Waals surface area contributed by atoms with Gasteiger partial charge < -0.3 is 10.4 Å². The number of hydrogen-bond donors (Lipinski definition) is 2. The largest absolute Gasteiger partial charge is 0.481 e. The number of aliphatic carboxylic acids is 1. The van der Waals surface area contributed by atoms with Crippen molar-refractivity contribution in [3.05, 3.63) is 12.2 Å². The molecule has 4 nitrogen and oxygen atoms in total. The minimum absolute atomic E-state index is 0.00547. The summed E-state index contributed by atoms with van der Waals surface area (Å²) in [6.45, 7) is 6.35. The van der Waals surface area contributed by atoms with Gasteiger partial charge in [-0.15, -0.1) is 0 Å². The lowest BCUT2D eigenvalue weighted by atomic mass is 10.0. The molecule has 0 spiro atoms. The first kappa shape index (κ1) is 27.7. The van der Waals surface area contributed by atoms with Crippen molar-refractivity contribution < 1.29 is 14.7 Å². The molecule has 0 bridgehead atoms. The molecule has 1 atom stereocenters. The van der Waals surface area contributed by atoms with Crippen molar-refractivity contribution >= 4 is 11.9 Å². The van der Waals surface area contributed by atoms with Crippen LogP contribution in [0.25, 0.3) is 0 Å². The number of hydrogen-bond acceptors (Lipinski definition) is 2. The Morgan fingerprint density at radius 3 is 1.86 bits per heavy atom. The van der Waals surface area contributed by atoms with Gasteiger partial charge in [-0.2, -0.15) is 0 Å². The molecule has 0 rings (SSSR count). The summed E-state index contributed by atoms with van der Waals surface area (Å²) in [5.41, 5.74) is 0. The zero-order valence-corrected chi connectivity index (χ0v) is 19.4. The highest BCUT2D eigenvalue weighted by atomic mass is 16.4. The summed E-state index contributed by atoms with van der Waals surface area (Å²) < 4.78 is 0. The van der Waals surface area contributed by atoms with Crippen LogP contribution in [-0.4, -0.2) is 23.0 Å². The standard InChI is InChI=1S/C25H47NO3/c1-4-5-6-7-8-9-10-11-12-13-14-15-16-17-18-19-24(27)26-23(20-22(2)3)21-25(28)29/h14-15,22-23H,4-13,16-21H2,1-3H3,(H,26,27)(H,28,29)/b15-14+. The van der Waals surface area contributed by atoms with Gasteiger partial charge >= 0.3 is 5.97 Å². The van der Waals surface area contributed by atoms with E-state index < -0.39 is 5.97 Å². The lowest BCUT2D eigenvalue weighted by Gasteiger charge is -2.18. The van der Waals surface area contributed by atoms with Crippen molar-refractivity contribution in [2.75, 3.05) is 0 Å². The first-order chi connectivity index (χ1) is 14.0. The van der Waals surface area contributed by atoms with Crippen molar-refractivity contribution in [1.29, 1.82) is 0 Å². The van der Waals surface area contributed by atoms with E-state index in [0.717, 1.165) is 19.3 Å². The van der Waals surface area contributed by atoms with E-state index in [1.807, 2.05) is 13.8 Å². The summed E-state index contributed by atoms with van der Waals surface area (Å²) in [4.78, 5) is 22.9. The lowest BCUT2D eigenvalue weighted by Crippen LogP contribution is -2.37. The Morgan fingerprint density at radius 2 is 1.34 bits per heavy atom. The van der Waals surface area contributed by atoms with Crippen molar-refractivity contribution in [2.45, 2.75) is 130 Å². The second-order valence-corrected chi connectivity index (χ2v) is 8.83. The van der Waals surface area contributed by atoms with Gasteiger partial charge in [-0.1, -0.05) is 84.3 Å². The normalized spacial score (nSPS) is 12.6. The third-order valence-electron chi connectivity index (χ3n) is 5.21. The zero-order chi connectivity index (χ0) is 21.7. The lowest BCUT2D eigenvalue weighted by molar-refractivity contribution is -0.137. The fraction of sp³-hybridized carbons (Fsp3) is 0.840. The molecule has 0 aromatic rings. The number of unbranched alkanes of at least 4 members (excludes halogenated alkanes) is 11. The van der Waals surface area contributed by atoms with E-state index in [9.17, 15) is 9.59 Å². The van der Waals surface area contributed by atoms with Gasteiger partial charge in [-0.3, -0.25) is 9.59 Å². The van der Waals surface area contributed by atoms with Gasteiger partial charge in [0.1, 0.15) is 0 Å². The van der Waals surface area contributed by atoms with Crippen molar-refractivity contribution in [2.24, 2.45) is 5.92 Å². The summed E-state index contributed by atoms with van der Waals surface area (Å²) in [6.07, 6.45) is 22.1. The fourth-order valence-corrected chi connectivity index (χ4v) is 3.63. The van der Waals surface area contributed by atoms with Gasteiger partial charge in [0.15, 0.2) is 0 Å². The molecule has 2 N–H and O–H groups in total. The first-order valence-electron chi connectivity index (χ1n) is 12.1. The molecule has 0 aromatic carbocycles. The molecule has 0 aliphatic carbocycles. The molecule has 1 amide bonds. The van der Waals surface area contributed by atoms with Crippen LogP contribution in [0.3, 0.4) is 0 Å².